The molecule has 22 heavy (non-hydrogen) atoms. The molecule has 0 aliphatic carbocycles. The molecule has 0 atom stereocenters. The summed E-state index contributed by atoms with van der Waals surface area (Å²) in [5.74, 6) is -1.27. The van der Waals surface area contributed by atoms with Crippen molar-refractivity contribution < 1.29 is 19.4 Å². The van der Waals surface area contributed by atoms with Crippen molar-refractivity contribution in [1.82, 2.24) is 5.32 Å². The van der Waals surface area contributed by atoms with Crippen LogP contribution in [0.15, 0.2) is 34.5 Å². The van der Waals surface area contributed by atoms with Crippen LogP contribution < -0.4 is 5.32 Å². The van der Waals surface area contributed by atoms with Crippen LogP contribution in [0, 0.1) is 0 Å². The highest BCUT2D eigenvalue weighted by atomic mass is 35.5. The molecule has 0 aromatic heterocycles. The quantitative estimate of drug-likeness (QED) is 0.377. The average molecular weight is 325 g/mol. The number of nitrogens with one attached hydrogen (secondary N) is 1. The van der Waals surface area contributed by atoms with Crippen LogP contribution in [0.5, 0.6) is 0 Å². The third kappa shape index (κ3) is 4.33. The summed E-state index contributed by atoms with van der Waals surface area (Å²) in [6.45, 7) is 3.61. The number of allylic oxidation sites excluding steroid dienone is 1. The lowest BCUT2D eigenvalue weighted by atomic mass is 10.2. The van der Waals surface area contributed by atoms with Gasteiger partial charge in [0, 0.05) is 12.8 Å². The van der Waals surface area contributed by atoms with Gasteiger partial charge in [0.1, 0.15) is 11.3 Å². The highest BCUT2D eigenvalue weighted by Gasteiger charge is 2.14. The Kier molecular flexibility index (Phi) is 6.59. The maximum absolute atomic E-state index is 11.8. The van der Waals surface area contributed by atoms with Gasteiger partial charge in [0.15, 0.2) is 0 Å². The van der Waals surface area contributed by atoms with Crippen molar-refractivity contribution in [1.29, 1.82) is 0 Å². The van der Waals surface area contributed by atoms with Crippen molar-refractivity contribution in [3.05, 3.63) is 40.1 Å². The van der Waals surface area contributed by atoms with Gasteiger partial charge in [0.25, 0.3) is 5.91 Å². The van der Waals surface area contributed by atoms with E-state index in [4.69, 9.17) is 11.6 Å². The number of rotatable bonds is 5. The lowest BCUT2D eigenvalue weighted by Gasteiger charge is -2.06. The molecule has 0 aliphatic rings. The maximum Gasteiger partial charge on any atom is 0.342 e. The molecule has 1 aromatic rings. The molecule has 7 heteroatoms. The number of halogens is 1. The first-order valence-electron chi connectivity index (χ1n) is 6.51. The number of hydrogen-bond donors (Lipinski definition) is 2. The van der Waals surface area contributed by atoms with Crippen molar-refractivity contribution in [2.75, 3.05) is 13.7 Å². The summed E-state index contributed by atoms with van der Waals surface area (Å²) in [6, 6.07) is 4.78. The average Bonchev–Trinajstić information content (AvgIpc) is 2.48. The summed E-state index contributed by atoms with van der Waals surface area (Å²) in [5, 5.41) is 12.3. The first-order valence-corrected chi connectivity index (χ1v) is 6.89. The maximum atomic E-state index is 11.8. The van der Waals surface area contributed by atoms with E-state index in [0.717, 1.165) is 6.21 Å². The number of aliphatic hydroxyl groups is 1. The summed E-state index contributed by atoms with van der Waals surface area (Å²) in [7, 11) is 1.20. The predicted molar refractivity (Wildman–Crippen MR) is 85.0 cm³/mol. The van der Waals surface area contributed by atoms with E-state index in [-0.39, 0.29) is 27.8 Å². The minimum absolute atomic E-state index is 0.0954. The number of aliphatic hydroxyl groups excluding tert-OH is 1. The zero-order chi connectivity index (χ0) is 16.7. The monoisotopic (exact) mass is 324 g/mol. The zero-order valence-electron chi connectivity index (χ0n) is 12.5. The van der Waals surface area contributed by atoms with Crippen LogP contribution in [-0.4, -0.2) is 36.9 Å². The third-order valence-electron chi connectivity index (χ3n) is 2.69. The molecule has 0 bridgehead atoms. The first-order chi connectivity index (χ1) is 10.4. The zero-order valence-corrected chi connectivity index (χ0v) is 13.3. The number of aliphatic imine (C=N–C) groups is 1. The molecule has 0 aliphatic heterocycles. The van der Waals surface area contributed by atoms with Gasteiger partial charge in [-0.2, -0.15) is 0 Å². The Morgan fingerprint density at radius 2 is 2.14 bits per heavy atom. The Labute approximate surface area is 133 Å². The molecule has 0 heterocycles. The molecule has 118 valence electrons. The summed E-state index contributed by atoms with van der Waals surface area (Å²) in [4.78, 5) is 27.4. The first kappa shape index (κ1) is 17.7. The molecule has 0 unspecified atom stereocenters. The van der Waals surface area contributed by atoms with Gasteiger partial charge in [-0.25, -0.2) is 4.79 Å². The molecule has 2 N–H and O–H groups in total. The normalized spacial score (nSPS) is 12.0. The Balaban J connectivity index is 3.16. The number of carbonyl (C=O) groups excluding carboxylic acids is 2. The van der Waals surface area contributed by atoms with Crippen LogP contribution in [0.3, 0.4) is 0 Å². The van der Waals surface area contributed by atoms with E-state index in [1.165, 1.54) is 14.0 Å². The number of methoxy groups -OCH3 is 1. The molecule has 6 nitrogen and oxygen atoms in total. The SMILES string of the molecule is CCNC(=O)c1cccc(N=CC(C(=O)OC)=C(C)O)c1Cl. The van der Waals surface area contributed by atoms with E-state index in [9.17, 15) is 14.7 Å². The van der Waals surface area contributed by atoms with Crippen molar-refractivity contribution in [2.24, 2.45) is 4.99 Å². The molecule has 0 saturated heterocycles. The summed E-state index contributed by atoms with van der Waals surface area (Å²) < 4.78 is 4.54. The van der Waals surface area contributed by atoms with Crippen molar-refractivity contribution in [3.8, 4) is 0 Å². The molecule has 1 rings (SSSR count). The van der Waals surface area contributed by atoms with Crippen LogP contribution in [0.1, 0.15) is 24.2 Å². The second-order valence-corrected chi connectivity index (χ2v) is 4.62. The number of hydrogen-bond acceptors (Lipinski definition) is 5. The molecule has 0 radical (unpaired) electrons. The second-order valence-electron chi connectivity index (χ2n) is 4.25. The van der Waals surface area contributed by atoms with Crippen molar-refractivity contribution >= 4 is 35.4 Å². The lowest BCUT2D eigenvalue weighted by Crippen LogP contribution is -2.22. The van der Waals surface area contributed by atoms with E-state index in [1.54, 1.807) is 25.1 Å². The standard InChI is InChI=1S/C15H17ClN2O4/c1-4-17-14(20)10-6-5-7-12(13(10)16)18-8-11(9(2)19)15(21)22-3/h5-8,19H,4H2,1-3H3,(H,17,20). The fraction of sp³-hybridized carbons (Fsp3) is 0.267. The van der Waals surface area contributed by atoms with E-state index in [0.29, 0.717) is 12.2 Å². The van der Waals surface area contributed by atoms with Gasteiger partial charge in [0.2, 0.25) is 0 Å². The van der Waals surface area contributed by atoms with E-state index >= 15 is 0 Å². The number of benzene rings is 1. The van der Waals surface area contributed by atoms with Crippen LogP contribution in [0.25, 0.3) is 0 Å². The minimum atomic E-state index is -0.722. The Morgan fingerprint density at radius 1 is 1.45 bits per heavy atom. The van der Waals surface area contributed by atoms with Gasteiger partial charge < -0.3 is 15.2 Å². The Hall–Kier alpha value is -2.34. The van der Waals surface area contributed by atoms with Gasteiger partial charge in [-0.3, -0.25) is 9.79 Å². The highest BCUT2D eigenvalue weighted by molar-refractivity contribution is 6.36. The van der Waals surface area contributed by atoms with Gasteiger partial charge in [-0.15, -0.1) is 0 Å². The molecule has 0 spiro atoms. The summed E-state index contributed by atoms with van der Waals surface area (Å²) >= 11 is 6.15. The number of amides is 1. The lowest BCUT2D eigenvalue weighted by molar-refractivity contribution is -0.135. The van der Waals surface area contributed by atoms with Crippen LogP contribution in [0.4, 0.5) is 5.69 Å². The largest absolute Gasteiger partial charge is 0.512 e. The molecule has 1 amide bonds. The minimum Gasteiger partial charge on any atom is -0.512 e. The molecule has 0 fully saturated rings. The van der Waals surface area contributed by atoms with Crippen molar-refractivity contribution in [2.45, 2.75) is 13.8 Å². The van der Waals surface area contributed by atoms with E-state index in [2.05, 4.69) is 15.0 Å². The van der Waals surface area contributed by atoms with Crippen LogP contribution >= 0.6 is 11.6 Å². The number of esters is 1. The predicted octanol–water partition coefficient (Wildman–Crippen LogP) is 2.80. The molecule has 0 saturated carbocycles. The molecule has 1 aromatic carbocycles. The van der Waals surface area contributed by atoms with Gasteiger partial charge in [-0.1, -0.05) is 17.7 Å². The second kappa shape index (κ2) is 8.19. The number of nitrogens with zero attached hydrogens (tertiary/aromatic N) is 1. The molecular weight excluding hydrogens is 308 g/mol. The number of carbonyl (C=O) groups is 2. The molecular formula is C15H17ClN2O4. The van der Waals surface area contributed by atoms with Gasteiger partial charge >= 0.3 is 5.97 Å². The van der Waals surface area contributed by atoms with Gasteiger partial charge in [0.05, 0.1) is 23.4 Å². The van der Waals surface area contributed by atoms with E-state index in [1.807, 2.05) is 0 Å². The van der Waals surface area contributed by atoms with E-state index < -0.39 is 5.97 Å². The topological polar surface area (TPSA) is 88.0 Å². The highest BCUT2D eigenvalue weighted by Crippen LogP contribution is 2.28. The summed E-state index contributed by atoms with van der Waals surface area (Å²) in [6.07, 6.45) is 1.14. The Bertz CT molecular complexity index is 634. The van der Waals surface area contributed by atoms with Crippen molar-refractivity contribution in [3.63, 3.8) is 0 Å². The Morgan fingerprint density at radius 3 is 2.68 bits per heavy atom. The number of ether oxygens (including phenoxy) is 1. The van der Waals surface area contributed by atoms with Gasteiger partial charge in [-0.05, 0) is 26.0 Å². The smallest absolute Gasteiger partial charge is 0.342 e. The fourth-order valence-corrected chi connectivity index (χ4v) is 1.85. The third-order valence-corrected chi connectivity index (χ3v) is 3.09. The fourth-order valence-electron chi connectivity index (χ4n) is 1.59. The van der Waals surface area contributed by atoms with Crippen LogP contribution in [-0.2, 0) is 9.53 Å². The van der Waals surface area contributed by atoms with Crippen LogP contribution in [0.2, 0.25) is 5.02 Å². The summed E-state index contributed by atoms with van der Waals surface area (Å²) in [5.41, 5.74) is 0.484.